The first-order chi connectivity index (χ1) is 8.44. The Balaban J connectivity index is 0.00000324. The van der Waals surface area contributed by atoms with E-state index in [9.17, 15) is 8.42 Å². The van der Waals surface area contributed by atoms with Gasteiger partial charge in [-0.05, 0) is 24.3 Å². The van der Waals surface area contributed by atoms with E-state index in [1.165, 1.54) is 7.11 Å². The number of ether oxygens (including phenoxy) is 1. The third-order valence-corrected chi connectivity index (χ3v) is 6.18. The van der Waals surface area contributed by atoms with Crippen molar-refractivity contribution >= 4 is 33.8 Å². The second-order valence-electron chi connectivity index (χ2n) is 4.07. The highest BCUT2D eigenvalue weighted by atomic mass is 35.5. The van der Waals surface area contributed by atoms with Gasteiger partial charge in [0.2, 0.25) is 0 Å². The zero-order chi connectivity index (χ0) is 13.8. The monoisotopic (exact) mass is 328 g/mol. The van der Waals surface area contributed by atoms with Crippen molar-refractivity contribution < 1.29 is 13.2 Å². The first kappa shape index (κ1) is 18.7. The van der Waals surface area contributed by atoms with Gasteiger partial charge in [-0.1, -0.05) is 13.8 Å². The Morgan fingerprint density at radius 3 is 2.42 bits per heavy atom. The molecule has 1 heterocycles. The van der Waals surface area contributed by atoms with Crippen LogP contribution in [-0.2, 0) is 10.0 Å². The topological polar surface area (TPSA) is 81.4 Å². The normalized spacial score (nSPS) is 12.0. The van der Waals surface area contributed by atoms with Gasteiger partial charge in [0.1, 0.15) is 5.75 Å². The van der Waals surface area contributed by atoms with Crippen molar-refractivity contribution in [2.75, 3.05) is 13.7 Å². The summed E-state index contributed by atoms with van der Waals surface area (Å²) in [6.07, 6.45) is 1.29. The standard InChI is InChI=1S/C11H20N2O3S2.ClH/c1-4-11(5-2,8-12)13-18(14,15)10-9(16-3)6-7-17-10;/h6-7,13H,4-5,8,12H2,1-3H3;1H. The smallest absolute Gasteiger partial charge is 0.254 e. The molecule has 0 saturated carbocycles. The Bertz CT molecular complexity index is 476. The Morgan fingerprint density at radius 2 is 2.00 bits per heavy atom. The molecule has 0 spiro atoms. The van der Waals surface area contributed by atoms with Gasteiger partial charge in [0.25, 0.3) is 10.0 Å². The third-order valence-electron chi connectivity index (χ3n) is 3.15. The van der Waals surface area contributed by atoms with Gasteiger partial charge >= 0.3 is 0 Å². The summed E-state index contributed by atoms with van der Waals surface area (Å²) in [6.45, 7) is 4.11. The predicted molar refractivity (Wildman–Crippen MR) is 80.8 cm³/mol. The Labute approximate surface area is 125 Å². The summed E-state index contributed by atoms with van der Waals surface area (Å²) >= 11 is 1.14. The second-order valence-corrected chi connectivity index (χ2v) is 6.87. The van der Waals surface area contributed by atoms with Crippen LogP contribution in [0.2, 0.25) is 0 Å². The number of hydrogen-bond donors (Lipinski definition) is 2. The minimum atomic E-state index is -3.59. The highest BCUT2D eigenvalue weighted by molar-refractivity contribution is 7.91. The van der Waals surface area contributed by atoms with Crippen LogP contribution in [0, 0.1) is 0 Å². The molecule has 112 valence electrons. The fourth-order valence-electron chi connectivity index (χ4n) is 1.69. The number of hydrogen-bond acceptors (Lipinski definition) is 5. The first-order valence-corrected chi connectivity index (χ1v) is 8.16. The van der Waals surface area contributed by atoms with E-state index in [0.717, 1.165) is 11.3 Å². The van der Waals surface area contributed by atoms with Crippen molar-refractivity contribution in [3.63, 3.8) is 0 Å². The molecular weight excluding hydrogens is 308 g/mol. The van der Waals surface area contributed by atoms with Gasteiger partial charge in [-0.3, -0.25) is 0 Å². The summed E-state index contributed by atoms with van der Waals surface area (Å²) in [5, 5.41) is 1.69. The van der Waals surface area contributed by atoms with Gasteiger partial charge in [0.05, 0.1) is 7.11 Å². The Hall–Kier alpha value is -0.340. The quantitative estimate of drug-likeness (QED) is 0.801. The van der Waals surface area contributed by atoms with Crippen molar-refractivity contribution in [3.8, 4) is 5.75 Å². The lowest BCUT2D eigenvalue weighted by molar-refractivity contribution is 0.361. The summed E-state index contributed by atoms with van der Waals surface area (Å²) in [5.41, 5.74) is 5.12. The highest BCUT2D eigenvalue weighted by Gasteiger charge is 2.32. The number of halogens is 1. The van der Waals surface area contributed by atoms with Gasteiger partial charge in [-0.2, -0.15) is 0 Å². The lowest BCUT2D eigenvalue weighted by Crippen LogP contribution is -2.52. The molecule has 1 aromatic rings. The van der Waals surface area contributed by atoms with E-state index in [-0.39, 0.29) is 23.2 Å². The minimum Gasteiger partial charge on any atom is -0.494 e. The average molecular weight is 329 g/mol. The summed E-state index contributed by atoms with van der Waals surface area (Å²) in [6, 6.07) is 1.64. The number of methoxy groups -OCH3 is 1. The molecule has 5 nitrogen and oxygen atoms in total. The molecule has 8 heteroatoms. The van der Waals surface area contributed by atoms with Crippen molar-refractivity contribution in [2.24, 2.45) is 5.73 Å². The SMILES string of the molecule is CCC(CC)(CN)NS(=O)(=O)c1sccc1OC.Cl. The zero-order valence-corrected chi connectivity index (χ0v) is 13.8. The van der Waals surface area contributed by atoms with Gasteiger partial charge in [-0.25, -0.2) is 13.1 Å². The van der Waals surface area contributed by atoms with E-state index in [1.54, 1.807) is 11.4 Å². The van der Waals surface area contributed by atoms with E-state index in [4.69, 9.17) is 10.5 Å². The number of rotatable bonds is 7. The van der Waals surface area contributed by atoms with Crippen molar-refractivity contribution in [1.82, 2.24) is 4.72 Å². The van der Waals surface area contributed by atoms with E-state index in [0.29, 0.717) is 18.6 Å². The molecule has 0 unspecified atom stereocenters. The number of thiophene rings is 1. The van der Waals surface area contributed by atoms with Crippen LogP contribution < -0.4 is 15.2 Å². The van der Waals surface area contributed by atoms with Crippen LogP contribution in [0.15, 0.2) is 15.7 Å². The zero-order valence-electron chi connectivity index (χ0n) is 11.3. The molecule has 0 aromatic carbocycles. The average Bonchev–Trinajstić information content (AvgIpc) is 2.85. The van der Waals surface area contributed by atoms with Gasteiger partial charge in [-0.15, -0.1) is 23.7 Å². The molecule has 0 bridgehead atoms. The maximum atomic E-state index is 12.3. The van der Waals surface area contributed by atoms with Crippen molar-refractivity contribution in [1.29, 1.82) is 0 Å². The molecule has 0 amide bonds. The third kappa shape index (κ3) is 4.06. The van der Waals surface area contributed by atoms with Crippen LogP contribution in [0.5, 0.6) is 5.75 Å². The highest BCUT2D eigenvalue weighted by Crippen LogP contribution is 2.30. The Kier molecular flexibility index (Phi) is 7.31. The van der Waals surface area contributed by atoms with Gasteiger partial charge in [0, 0.05) is 12.1 Å². The molecule has 0 saturated heterocycles. The first-order valence-electron chi connectivity index (χ1n) is 5.80. The van der Waals surface area contributed by atoms with Gasteiger partial charge in [0.15, 0.2) is 4.21 Å². The maximum absolute atomic E-state index is 12.3. The fraction of sp³-hybridized carbons (Fsp3) is 0.636. The maximum Gasteiger partial charge on any atom is 0.254 e. The summed E-state index contributed by atoms with van der Waals surface area (Å²) in [7, 11) is -2.13. The van der Waals surface area contributed by atoms with Crippen LogP contribution in [0.4, 0.5) is 0 Å². The van der Waals surface area contributed by atoms with Crippen LogP contribution in [0.1, 0.15) is 26.7 Å². The minimum absolute atomic E-state index is 0. The number of nitrogens with one attached hydrogen (secondary N) is 1. The van der Waals surface area contributed by atoms with Crippen LogP contribution >= 0.6 is 23.7 Å². The number of nitrogens with two attached hydrogens (primary N) is 1. The molecule has 19 heavy (non-hydrogen) atoms. The summed E-state index contributed by atoms with van der Waals surface area (Å²) in [5.74, 6) is 0.366. The lowest BCUT2D eigenvalue weighted by Gasteiger charge is -2.30. The molecule has 0 aliphatic heterocycles. The molecule has 0 aliphatic rings. The van der Waals surface area contributed by atoms with Crippen LogP contribution in [-0.4, -0.2) is 27.6 Å². The largest absolute Gasteiger partial charge is 0.494 e. The van der Waals surface area contributed by atoms with E-state index in [1.807, 2.05) is 13.8 Å². The van der Waals surface area contributed by atoms with Crippen molar-refractivity contribution in [2.45, 2.75) is 36.4 Å². The molecule has 1 aromatic heterocycles. The van der Waals surface area contributed by atoms with E-state index < -0.39 is 15.6 Å². The lowest BCUT2D eigenvalue weighted by atomic mass is 9.95. The molecular formula is C11H21ClN2O3S2. The van der Waals surface area contributed by atoms with Crippen LogP contribution in [0.3, 0.4) is 0 Å². The van der Waals surface area contributed by atoms with Crippen molar-refractivity contribution in [3.05, 3.63) is 11.4 Å². The second kappa shape index (κ2) is 7.44. The van der Waals surface area contributed by atoms with Crippen LogP contribution in [0.25, 0.3) is 0 Å². The predicted octanol–water partition coefficient (Wildman–Crippen LogP) is 1.97. The van der Waals surface area contributed by atoms with E-state index in [2.05, 4.69) is 4.72 Å². The molecule has 0 fully saturated rings. The molecule has 3 N–H and O–H groups in total. The summed E-state index contributed by atoms with van der Waals surface area (Å²) < 4.78 is 32.6. The van der Waals surface area contributed by atoms with E-state index >= 15 is 0 Å². The molecule has 0 radical (unpaired) electrons. The molecule has 0 aliphatic carbocycles. The Morgan fingerprint density at radius 1 is 1.42 bits per heavy atom. The molecule has 0 atom stereocenters. The molecule has 1 rings (SSSR count). The fourth-order valence-corrected chi connectivity index (χ4v) is 4.52. The van der Waals surface area contributed by atoms with Gasteiger partial charge < -0.3 is 10.5 Å². The number of sulfonamides is 1. The summed E-state index contributed by atoms with van der Waals surface area (Å²) in [4.78, 5) is 0.